The highest BCUT2D eigenvalue weighted by Crippen LogP contribution is 2.22. The summed E-state index contributed by atoms with van der Waals surface area (Å²) in [7, 11) is 0. The number of carbonyl (C=O) groups is 1. The van der Waals surface area contributed by atoms with Gasteiger partial charge in [-0.25, -0.2) is 0 Å². The van der Waals surface area contributed by atoms with Gasteiger partial charge in [-0.1, -0.05) is 72.3 Å². The lowest BCUT2D eigenvalue weighted by molar-refractivity contribution is 0.0727. The van der Waals surface area contributed by atoms with Crippen LogP contribution in [-0.2, 0) is 13.1 Å². The first kappa shape index (κ1) is 16.8. The molecule has 3 aromatic carbocycles. The molecule has 0 spiro atoms. The summed E-state index contributed by atoms with van der Waals surface area (Å²) in [4.78, 5) is 14.9. The zero-order valence-electron chi connectivity index (χ0n) is 14.2. The van der Waals surface area contributed by atoms with E-state index in [4.69, 9.17) is 0 Å². The molecule has 0 bridgehead atoms. The van der Waals surface area contributed by atoms with Crippen LogP contribution in [0, 0.1) is 6.92 Å². The van der Waals surface area contributed by atoms with Gasteiger partial charge in [0, 0.05) is 13.1 Å². The first-order valence-corrected chi connectivity index (χ1v) is 8.30. The summed E-state index contributed by atoms with van der Waals surface area (Å²) in [5.74, 6) is -0.157. The molecule has 1 N–H and O–H groups in total. The number of phenolic OH excluding ortho intramolecular Hbond substituents is 1. The molecule has 0 unspecified atom stereocenters. The van der Waals surface area contributed by atoms with E-state index in [9.17, 15) is 9.90 Å². The van der Waals surface area contributed by atoms with Crippen LogP contribution in [0.1, 0.15) is 27.0 Å². The summed E-state index contributed by atoms with van der Waals surface area (Å²) in [6.07, 6.45) is 0. The first-order valence-electron chi connectivity index (χ1n) is 8.30. The highest BCUT2D eigenvalue weighted by atomic mass is 16.3. The Morgan fingerprint density at radius 1 is 0.840 bits per heavy atom. The lowest BCUT2D eigenvalue weighted by atomic mass is 10.1. The van der Waals surface area contributed by atoms with E-state index in [1.54, 1.807) is 23.1 Å². The van der Waals surface area contributed by atoms with Crippen molar-refractivity contribution in [1.82, 2.24) is 4.90 Å². The second-order valence-corrected chi connectivity index (χ2v) is 6.15. The van der Waals surface area contributed by atoms with E-state index in [2.05, 4.69) is 0 Å². The SMILES string of the molecule is Cc1ccc(O)c(C(=O)N(Cc2ccccc2)Cc2ccccc2)c1. The van der Waals surface area contributed by atoms with Crippen LogP contribution in [0.25, 0.3) is 0 Å². The van der Waals surface area contributed by atoms with Gasteiger partial charge < -0.3 is 10.0 Å². The monoisotopic (exact) mass is 331 g/mol. The van der Waals surface area contributed by atoms with E-state index >= 15 is 0 Å². The Labute approximate surface area is 148 Å². The number of phenols is 1. The van der Waals surface area contributed by atoms with Crippen molar-refractivity contribution in [3.63, 3.8) is 0 Å². The van der Waals surface area contributed by atoms with Gasteiger partial charge in [0.05, 0.1) is 5.56 Å². The molecule has 126 valence electrons. The number of hydrogen-bond acceptors (Lipinski definition) is 2. The predicted molar refractivity (Wildman–Crippen MR) is 99.3 cm³/mol. The third-order valence-electron chi connectivity index (χ3n) is 4.10. The number of benzene rings is 3. The highest BCUT2D eigenvalue weighted by molar-refractivity contribution is 5.97. The van der Waals surface area contributed by atoms with Crippen molar-refractivity contribution < 1.29 is 9.90 Å². The largest absolute Gasteiger partial charge is 0.507 e. The van der Waals surface area contributed by atoms with Crippen LogP contribution in [0.3, 0.4) is 0 Å². The molecule has 3 heteroatoms. The fourth-order valence-electron chi connectivity index (χ4n) is 2.80. The summed E-state index contributed by atoms with van der Waals surface area (Å²) in [5, 5.41) is 10.1. The Hall–Kier alpha value is -3.07. The van der Waals surface area contributed by atoms with Gasteiger partial charge in [0.1, 0.15) is 5.75 Å². The molecule has 0 saturated carbocycles. The molecular formula is C22H21NO2. The molecule has 0 aromatic heterocycles. The molecule has 3 aromatic rings. The van der Waals surface area contributed by atoms with Gasteiger partial charge in [0.25, 0.3) is 5.91 Å². The Kier molecular flexibility index (Phi) is 5.14. The topological polar surface area (TPSA) is 40.5 Å². The first-order chi connectivity index (χ1) is 12.1. The van der Waals surface area contributed by atoms with Crippen LogP contribution in [0.15, 0.2) is 78.9 Å². The maximum Gasteiger partial charge on any atom is 0.258 e. The second-order valence-electron chi connectivity index (χ2n) is 6.15. The number of hydrogen-bond donors (Lipinski definition) is 1. The van der Waals surface area contributed by atoms with Crippen LogP contribution in [0.2, 0.25) is 0 Å². The van der Waals surface area contributed by atoms with E-state index in [0.29, 0.717) is 18.7 Å². The summed E-state index contributed by atoms with van der Waals surface area (Å²) in [6, 6.07) is 24.9. The number of aromatic hydroxyl groups is 1. The zero-order valence-corrected chi connectivity index (χ0v) is 14.2. The Morgan fingerprint density at radius 2 is 1.36 bits per heavy atom. The molecule has 0 heterocycles. The third-order valence-corrected chi connectivity index (χ3v) is 4.10. The standard InChI is InChI=1S/C22H21NO2/c1-17-12-13-21(24)20(14-17)22(25)23(15-18-8-4-2-5-9-18)16-19-10-6-3-7-11-19/h2-14,24H,15-16H2,1H3. The lowest BCUT2D eigenvalue weighted by Crippen LogP contribution is -2.30. The van der Waals surface area contributed by atoms with Crippen LogP contribution in [-0.4, -0.2) is 15.9 Å². The fraction of sp³-hybridized carbons (Fsp3) is 0.136. The van der Waals surface area contributed by atoms with Gasteiger partial charge in [0.2, 0.25) is 0 Å². The van der Waals surface area contributed by atoms with Crippen molar-refractivity contribution in [1.29, 1.82) is 0 Å². The van der Waals surface area contributed by atoms with Crippen LogP contribution >= 0.6 is 0 Å². The van der Waals surface area contributed by atoms with E-state index in [-0.39, 0.29) is 11.7 Å². The third kappa shape index (κ3) is 4.27. The molecular weight excluding hydrogens is 310 g/mol. The molecule has 0 atom stereocenters. The molecule has 0 aliphatic rings. The van der Waals surface area contributed by atoms with Gasteiger partial charge in [-0.15, -0.1) is 0 Å². The maximum atomic E-state index is 13.1. The predicted octanol–water partition coefficient (Wildman–Crippen LogP) is 4.54. The molecule has 3 rings (SSSR count). The molecule has 0 saturated heterocycles. The smallest absolute Gasteiger partial charge is 0.258 e. The summed E-state index contributed by atoms with van der Waals surface area (Å²) < 4.78 is 0. The number of aryl methyl sites for hydroxylation is 1. The van der Waals surface area contributed by atoms with Gasteiger partial charge in [0.15, 0.2) is 0 Å². The molecule has 0 aliphatic heterocycles. The second kappa shape index (κ2) is 7.67. The Balaban J connectivity index is 1.92. The number of rotatable bonds is 5. The average Bonchev–Trinajstić information content (AvgIpc) is 2.64. The van der Waals surface area contributed by atoms with Gasteiger partial charge in [-0.05, 0) is 30.2 Å². The van der Waals surface area contributed by atoms with Crippen molar-refractivity contribution in [2.75, 3.05) is 0 Å². The minimum absolute atomic E-state index is 0.0155. The maximum absolute atomic E-state index is 13.1. The fourth-order valence-corrected chi connectivity index (χ4v) is 2.80. The summed E-state index contributed by atoms with van der Waals surface area (Å²) >= 11 is 0. The van der Waals surface area contributed by atoms with Gasteiger partial charge in [-0.3, -0.25) is 4.79 Å². The minimum atomic E-state index is -0.172. The van der Waals surface area contributed by atoms with Crippen molar-refractivity contribution in [2.24, 2.45) is 0 Å². The molecule has 3 nitrogen and oxygen atoms in total. The molecule has 0 fully saturated rings. The van der Waals surface area contributed by atoms with Crippen LogP contribution in [0.4, 0.5) is 0 Å². The van der Waals surface area contributed by atoms with E-state index in [0.717, 1.165) is 16.7 Å². The summed E-state index contributed by atoms with van der Waals surface area (Å²) in [6.45, 7) is 2.89. The normalized spacial score (nSPS) is 10.4. The van der Waals surface area contributed by atoms with Crippen LogP contribution < -0.4 is 0 Å². The van der Waals surface area contributed by atoms with Crippen molar-refractivity contribution in [3.05, 3.63) is 101 Å². The molecule has 1 amide bonds. The minimum Gasteiger partial charge on any atom is -0.507 e. The van der Waals surface area contributed by atoms with Crippen molar-refractivity contribution in [2.45, 2.75) is 20.0 Å². The number of nitrogens with zero attached hydrogens (tertiary/aromatic N) is 1. The van der Waals surface area contributed by atoms with E-state index in [1.165, 1.54) is 0 Å². The zero-order chi connectivity index (χ0) is 17.6. The number of amides is 1. The molecule has 25 heavy (non-hydrogen) atoms. The Morgan fingerprint density at radius 3 is 1.88 bits per heavy atom. The van der Waals surface area contributed by atoms with Crippen LogP contribution in [0.5, 0.6) is 5.75 Å². The molecule has 0 radical (unpaired) electrons. The highest BCUT2D eigenvalue weighted by Gasteiger charge is 2.20. The molecule has 0 aliphatic carbocycles. The van der Waals surface area contributed by atoms with Gasteiger partial charge in [-0.2, -0.15) is 0 Å². The lowest BCUT2D eigenvalue weighted by Gasteiger charge is -2.24. The van der Waals surface area contributed by atoms with E-state index in [1.807, 2.05) is 67.6 Å². The Bertz CT molecular complexity index is 803. The van der Waals surface area contributed by atoms with Crippen molar-refractivity contribution >= 4 is 5.91 Å². The van der Waals surface area contributed by atoms with Gasteiger partial charge >= 0.3 is 0 Å². The quantitative estimate of drug-likeness (QED) is 0.745. The summed E-state index contributed by atoms with van der Waals surface area (Å²) in [5.41, 5.74) is 3.39. The van der Waals surface area contributed by atoms with Crippen molar-refractivity contribution in [3.8, 4) is 5.75 Å². The average molecular weight is 331 g/mol. The van der Waals surface area contributed by atoms with E-state index < -0.39 is 0 Å². The number of carbonyl (C=O) groups excluding carboxylic acids is 1.